The highest BCUT2D eigenvalue weighted by atomic mass is 16.2. The zero-order valence-corrected chi connectivity index (χ0v) is 20.1. The van der Waals surface area contributed by atoms with E-state index in [2.05, 4.69) is 12.2 Å². The Bertz CT molecular complexity index is 1370. The highest BCUT2D eigenvalue weighted by Gasteiger charge is 2.36. The maximum Gasteiger partial charge on any atom is 0.331 e. The van der Waals surface area contributed by atoms with E-state index in [0.29, 0.717) is 5.56 Å². The van der Waals surface area contributed by atoms with Gasteiger partial charge in [-0.25, -0.2) is 4.79 Å². The number of barbiturate groups is 1. The number of nitrogens with zero attached hydrogens (tertiary/aromatic N) is 3. The Kier molecular flexibility index (Phi) is 6.41. The van der Waals surface area contributed by atoms with Crippen molar-refractivity contribution < 1.29 is 19.2 Å². The van der Waals surface area contributed by atoms with Gasteiger partial charge in [0.2, 0.25) is 5.91 Å². The molecule has 0 aliphatic carbocycles. The summed E-state index contributed by atoms with van der Waals surface area (Å²) in [5, 5.41) is 3.09. The van der Waals surface area contributed by atoms with Gasteiger partial charge in [0.15, 0.2) is 0 Å². The Morgan fingerprint density at radius 3 is 2.56 bits per heavy atom. The van der Waals surface area contributed by atoms with Gasteiger partial charge < -0.3 is 9.47 Å². The van der Waals surface area contributed by atoms with Crippen LogP contribution < -0.4 is 5.32 Å². The van der Waals surface area contributed by atoms with Crippen LogP contribution in [0.15, 0.2) is 66.4 Å². The number of imide groups is 2. The van der Waals surface area contributed by atoms with E-state index < -0.39 is 17.8 Å². The van der Waals surface area contributed by atoms with Crippen LogP contribution in [0.3, 0.4) is 0 Å². The number of fused-ring (bicyclic) bond motifs is 1. The fourth-order valence-corrected chi connectivity index (χ4v) is 4.99. The van der Waals surface area contributed by atoms with Crippen LogP contribution in [0.1, 0.15) is 37.3 Å². The lowest BCUT2D eigenvalue weighted by Crippen LogP contribution is -2.53. The number of aromatic nitrogens is 1. The van der Waals surface area contributed by atoms with Crippen LogP contribution in [0.4, 0.5) is 4.79 Å². The summed E-state index contributed by atoms with van der Waals surface area (Å²) < 4.78 is 1.86. The van der Waals surface area contributed by atoms with Crippen LogP contribution in [0.25, 0.3) is 17.0 Å². The molecule has 1 N–H and O–H groups in total. The molecule has 0 spiro atoms. The van der Waals surface area contributed by atoms with Crippen LogP contribution in [0.5, 0.6) is 0 Å². The molecule has 3 aromatic rings. The standard InChI is InChI=1S/C28H28N4O4/c1-19-9-7-8-14-31(19)25(33)18-30-17-21(22-12-5-6-13-24(22)30)15-23-26(34)29-28(36)32(27(23)35)16-20-10-3-2-4-11-20/h2-6,10-13,15,17,19H,7-9,14,16,18H2,1H3,(H,29,34,36)/b23-15+/t19-/m0/s1. The minimum atomic E-state index is -0.741. The first-order chi connectivity index (χ1) is 17.4. The summed E-state index contributed by atoms with van der Waals surface area (Å²) in [6, 6.07) is 16.2. The Morgan fingerprint density at radius 1 is 1.03 bits per heavy atom. The molecule has 36 heavy (non-hydrogen) atoms. The Hall–Kier alpha value is -4.20. The zero-order chi connectivity index (χ0) is 25.2. The molecule has 2 fully saturated rings. The number of benzene rings is 2. The molecule has 5 rings (SSSR count). The smallest absolute Gasteiger partial charge is 0.331 e. The molecular formula is C28H28N4O4. The van der Waals surface area contributed by atoms with Crippen molar-refractivity contribution in [2.45, 2.75) is 45.3 Å². The molecule has 0 radical (unpaired) electrons. The van der Waals surface area contributed by atoms with Crippen molar-refractivity contribution in [2.75, 3.05) is 6.54 Å². The molecule has 0 unspecified atom stereocenters. The first-order valence-corrected chi connectivity index (χ1v) is 12.2. The predicted octanol–water partition coefficient (Wildman–Crippen LogP) is 3.70. The molecule has 8 nitrogen and oxygen atoms in total. The maximum absolute atomic E-state index is 13.2. The van der Waals surface area contributed by atoms with Gasteiger partial charge in [0, 0.05) is 35.2 Å². The van der Waals surface area contributed by atoms with E-state index in [-0.39, 0.29) is 30.6 Å². The summed E-state index contributed by atoms with van der Waals surface area (Å²) in [4.78, 5) is 54.4. The predicted molar refractivity (Wildman–Crippen MR) is 135 cm³/mol. The van der Waals surface area contributed by atoms with Gasteiger partial charge >= 0.3 is 6.03 Å². The molecule has 8 heteroatoms. The van der Waals surface area contributed by atoms with Gasteiger partial charge in [-0.15, -0.1) is 0 Å². The van der Waals surface area contributed by atoms with E-state index in [9.17, 15) is 19.2 Å². The number of para-hydroxylation sites is 1. The highest BCUT2D eigenvalue weighted by molar-refractivity contribution is 6.31. The van der Waals surface area contributed by atoms with E-state index in [4.69, 9.17) is 0 Å². The maximum atomic E-state index is 13.2. The second-order valence-corrected chi connectivity index (χ2v) is 9.36. The quantitative estimate of drug-likeness (QED) is 0.442. The first kappa shape index (κ1) is 23.5. The van der Waals surface area contributed by atoms with E-state index in [0.717, 1.165) is 47.2 Å². The van der Waals surface area contributed by atoms with Crippen molar-refractivity contribution in [3.63, 3.8) is 0 Å². The molecule has 0 bridgehead atoms. The lowest BCUT2D eigenvalue weighted by Gasteiger charge is -2.33. The van der Waals surface area contributed by atoms with Gasteiger partial charge in [-0.2, -0.15) is 0 Å². The minimum Gasteiger partial charge on any atom is -0.338 e. The largest absolute Gasteiger partial charge is 0.338 e. The summed E-state index contributed by atoms with van der Waals surface area (Å²) in [5.41, 5.74) is 2.13. The van der Waals surface area contributed by atoms with Crippen molar-refractivity contribution in [2.24, 2.45) is 0 Å². The number of hydrogen-bond acceptors (Lipinski definition) is 4. The van der Waals surface area contributed by atoms with Crippen LogP contribution >= 0.6 is 0 Å². The summed E-state index contributed by atoms with van der Waals surface area (Å²) in [6.45, 7) is 3.07. The van der Waals surface area contributed by atoms with E-state index in [1.54, 1.807) is 6.20 Å². The van der Waals surface area contributed by atoms with Crippen molar-refractivity contribution >= 4 is 40.7 Å². The summed E-state index contributed by atoms with van der Waals surface area (Å²) in [7, 11) is 0. The lowest BCUT2D eigenvalue weighted by atomic mass is 10.0. The van der Waals surface area contributed by atoms with Crippen LogP contribution in [0, 0.1) is 0 Å². The SMILES string of the molecule is C[C@H]1CCCCN1C(=O)Cn1cc(/C=C2\C(=O)NC(=O)N(Cc3ccccc3)C2=O)c2ccccc21. The number of rotatable bonds is 5. The number of nitrogens with one attached hydrogen (secondary N) is 1. The summed E-state index contributed by atoms with van der Waals surface area (Å²) in [5.74, 6) is -1.33. The molecule has 0 saturated carbocycles. The molecule has 2 saturated heterocycles. The molecule has 3 heterocycles. The lowest BCUT2D eigenvalue weighted by molar-refractivity contribution is -0.135. The number of likely N-dealkylation sites (tertiary alicyclic amines) is 1. The van der Waals surface area contributed by atoms with E-state index in [1.165, 1.54) is 6.08 Å². The molecule has 1 atom stereocenters. The van der Waals surface area contributed by atoms with Gasteiger partial charge in [0.1, 0.15) is 12.1 Å². The Balaban J connectivity index is 1.46. The van der Waals surface area contributed by atoms with Crippen molar-refractivity contribution in [1.82, 2.24) is 19.7 Å². The molecular weight excluding hydrogens is 456 g/mol. The summed E-state index contributed by atoms with van der Waals surface area (Å²) in [6.07, 6.45) is 6.45. The fourth-order valence-electron chi connectivity index (χ4n) is 4.99. The van der Waals surface area contributed by atoms with Crippen molar-refractivity contribution in [3.05, 3.63) is 77.5 Å². The van der Waals surface area contributed by atoms with Crippen molar-refractivity contribution in [1.29, 1.82) is 0 Å². The number of carbonyl (C=O) groups excluding carboxylic acids is 4. The molecule has 5 amide bonds. The normalized spacial score (nSPS) is 19.8. The van der Waals surface area contributed by atoms with Crippen LogP contribution in [0.2, 0.25) is 0 Å². The third-order valence-electron chi connectivity index (χ3n) is 6.92. The Morgan fingerprint density at radius 2 is 1.78 bits per heavy atom. The molecule has 1 aromatic heterocycles. The second kappa shape index (κ2) is 9.81. The fraction of sp³-hybridized carbons (Fsp3) is 0.286. The molecule has 2 aliphatic rings. The topological polar surface area (TPSA) is 91.7 Å². The molecule has 2 aliphatic heterocycles. The number of piperidine rings is 1. The van der Waals surface area contributed by atoms with Crippen molar-refractivity contribution in [3.8, 4) is 0 Å². The Labute approximate surface area is 209 Å². The van der Waals surface area contributed by atoms with Crippen LogP contribution in [-0.4, -0.2) is 50.7 Å². The number of amides is 5. The van der Waals surface area contributed by atoms with Gasteiger partial charge in [-0.1, -0.05) is 48.5 Å². The third kappa shape index (κ3) is 4.54. The van der Waals surface area contributed by atoms with E-state index >= 15 is 0 Å². The van der Waals surface area contributed by atoms with Gasteiger partial charge in [0.05, 0.1) is 6.54 Å². The van der Waals surface area contributed by atoms with Crippen LogP contribution in [-0.2, 0) is 27.5 Å². The third-order valence-corrected chi connectivity index (χ3v) is 6.92. The van der Waals surface area contributed by atoms with Gasteiger partial charge in [-0.3, -0.25) is 24.6 Å². The van der Waals surface area contributed by atoms with E-state index in [1.807, 2.05) is 64.1 Å². The average molecular weight is 485 g/mol. The average Bonchev–Trinajstić information content (AvgIpc) is 3.22. The second-order valence-electron chi connectivity index (χ2n) is 9.36. The monoisotopic (exact) mass is 484 g/mol. The summed E-state index contributed by atoms with van der Waals surface area (Å²) >= 11 is 0. The zero-order valence-electron chi connectivity index (χ0n) is 20.1. The number of urea groups is 1. The number of carbonyl (C=O) groups is 4. The molecule has 2 aromatic carbocycles. The van der Waals surface area contributed by atoms with Gasteiger partial charge in [-0.05, 0) is 43.9 Å². The highest BCUT2D eigenvalue weighted by Crippen LogP contribution is 2.26. The molecule has 184 valence electrons. The van der Waals surface area contributed by atoms with Gasteiger partial charge in [0.25, 0.3) is 11.8 Å². The minimum absolute atomic E-state index is 0.0493. The number of hydrogen-bond donors (Lipinski definition) is 1. The first-order valence-electron chi connectivity index (χ1n) is 12.2.